The predicted molar refractivity (Wildman–Crippen MR) is 73.6 cm³/mol. The van der Waals surface area contributed by atoms with Gasteiger partial charge in [0.2, 0.25) is 5.76 Å². The quantitative estimate of drug-likeness (QED) is 0.814. The van der Waals surface area contributed by atoms with Gasteiger partial charge in [0.05, 0.1) is 12.7 Å². The molecule has 2 aliphatic rings. The molecule has 8 heteroatoms. The molecule has 1 amide bonds. The van der Waals surface area contributed by atoms with Crippen LogP contribution in [0.25, 0.3) is 0 Å². The van der Waals surface area contributed by atoms with Crippen LogP contribution in [0.4, 0.5) is 0 Å². The van der Waals surface area contributed by atoms with Crippen molar-refractivity contribution < 1.29 is 14.1 Å². The Morgan fingerprint density at radius 2 is 2.27 bits per heavy atom. The largest absolute Gasteiger partial charge is 0.373 e. The summed E-state index contributed by atoms with van der Waals surface area (Å²) >= 11 is 0. The van der Waals surface area contributed by atoms with Crippen molar-refractivity contribution in [2.24, 2.45) is 5.92 Å². The Labute approximate surface area is 127 Å². The van der Waals surface area contributed by atoms with Crippen molar-refractivity contribution in [3.05, 3.63) is 29.7 Å². The van der Waals surface area contributed by atoms with E-state index in [0.29, 0.717) is 26.2 Å². The Morgan fingerprint density at radius 3 is 3.05 bits per heavy atom. The van der Waals surface area contributed by atoms with Crippen LogP contribution in [0.3, 0.4) is 0 Å². The van der Waals surface area contributed by atoms with Crippen molar-refractivity contribution in [3.8, 4) is 0 Å². The third-order valence-electron chi connectivity index (χ3n) is 4.05. The van der Waals surface area contributed by atoms with Crippen LogP contribution in [0.2, 0.25) is 0 Å². The van der Waals surface area contributed by atoms with E-state index in [1.54, 1.807) is 11.0 Å². The lowest BCUT2D eigenvalue weighted by molar-refractivity contribution is 0.0656. The first-order chi connectivity index (χ1) is 10.8. The molecule has 8 nitrogen and oxygen atoms in total. The van der Waals surface area contributed by atoms with Gasteiger partial charge in [-0.1, -0.05) is 5.16 Å². The molecule has 2 aromatic rings. The second kappa shape index (κ2) is 5.53. The normalized spacial score (nSPS) is 17.5. The molecule has 0 N–H and O–H groups in total. The second-order valence-electron chi connectivity index (χ2n) is 5.75. The van der Waals surface area contributed by atoms with Gasteiger partial charge in [0.15, 0.2) is 11.6 Å². The summed E-state index contributed by atoms with van der Waals surface area (Å²) in [5, 5.41) is 11.9. The zero-order valence-corrected chi connectivity index (χ0v) is 12.1. The molecule has 22 heavy (non-hydrogen) atoms. The number of nitrogens with zero attached hydrogens (tertiary/aromatic N) is 5. The van der Waals surface area contributed by atoms with E-state index in [9.17, 15) is 4.79 Å². The molecule has 0 bridgehead atoms. The zero-order valence-electron chi connectivity index (χ0n) is 12.1. The standard InChI is InChI=1S/C14H17N5O3/c20-14(11-3-4-15-22-11)18-5-6-19-12(7-18)16-17-13(19)9-21-8-10-1-2-10/h3-4,10H,1-2,5-9H2. The van der Waals surface area contributed by atoms with Gasteiger partial charge in [-0.15, -0.1) is 10.2 Å². The average molecular weight is 303 g/mol. The van der Waals surface area contributed by atoms with Crippen molar-refractivity contribution in [3.63, 3.8) is 0 Å². The van der Waals surface area contributed by atoms with Crippen LogP contribution >= 0.6 is 0 Å². The molecule has 4 rings (SSSR count). The molecule has 0 atom stereocenters. The maximum absolute atomic E-state index is 12.2. The fourth-order valence-corrected chi connectivity index (χ4v) is 2.58. The van der Waals surface area contributed by atoms with Gasteiger partial charge in [-0.3, -0.25) is 4.79 Å². The van der Waals surface area contributed by atoms with E-state index in [1.807, 2.05) is 4.57 Å². The molecule has 2 aromatic heterocycles. The first-order valence-electron chi connectivity index (χ1n) is 7.50. The highest BCUT2D eigenvalue weighted by Crippen LogP contribution is 2.29. The van der Waals surface area contributed by atoms with E-state index in [1.165, 1.54) is 19.0 Å². The topological polar surface area (TPSA) is 86.3 Å². The lowest BCUT2D eigenvalue weighted by Crippen LogP contribution is -2.38. The fourth-order valence-electron chi connectivity index (χ4n) is 2.58. The molecule has 1 aliphatic heterocycles. The highest BCUT2D eigenvalue weighted by atomic mass is 16.5. The third kappa shape index (κ3) is 2.61. The maximum atomic E-state index is 12.2. The van der Waals surface area contributed by atoms with Gasteiger partial charge in [0, 0.05) is 25.8 Å². The van der Waals surface area contributed by atoms with Crippen molar-refractivity contribution in [2.75, 3.05) is 13.2 Å². The molecular formula is C14H17N5O3. The number of carbonyl (C=O) groups is 1. The molecule has 3 heterocycles. The summed E-state index contributed by atoms with van der Waals surface area (Å²) in [6, 6.07) is 1.57. The zero-order chi connectivity index (χ0) is 14.9. The molecular weight excluding hydrogens is 286 g/mol. The Balaban J connectivity index is 1.41. The van der Waals surface area contributed by atoms with Crippen molar-refractivity contribution in [2.45, 2.75) is 32.5 Å². The van der Waals surface area contributed by atoms with Crippen LogP contribution in [0.5, 0.6) is 0 Å². The van der Waals surface area contributed by atoms with E-state index in [4.69, 9.17) is 9.26 Å². The van der Waals surface area contributed by atoms with Crippen LogP contribution in [0, 0.1) is 5.92 Å². The lowest BCUT2D eigenvalue weighted by Gasteiger charge is -2.26. The summed E-state index contributed by atoms with van der Waals surface area (Å²) in [6.45, 7) is 2.98. The number of ether oxygens (including phenoxy) is 1. The Morgan fingerprint density at radius 1 is 1.36 bits per heavy atom. The van der Waals surface area contributed by atoms with Crippen LogP contribution in [-0.4, -0.2) is 43.9 Å². The number of hydrogen-bond acceptors (Lipinski definition) is 6. The van der Waals surface area contributed by atoms with Gasteiger partial charge in [0.25, 0.3) is 5.91 Å². The second-order valence-corrected chi connectivity index (χ2v) is 5.75. The van der Waals surface area contributed by atoms with E-state index in [0.717, 1.165) is 24.2 Å². The first-order valence-corrected chi connectivity index (χ1v) is 7.50. The Bertz CT molecular complexity index is 662. The number of aromatic nitrogens is 4. The minimum Gasteiger partial charge on any atom is -0.373 e. The number of fused-ring (bicyclic) bond motifs is 1. The average Bonchev–Trinajstić information content (AvgIpc) is 3.05. The molecule has 1 fully saturated rings. The van der Waals surface area contributed by atoms with Gasteiger partial charge in [-0.2, -0.15) is 0 Å². The Kier molecular flexibility index (Phi) is 3.38. The smallest absolute Gasteiger partial charge is 0.292 e. The monoisotopic (exact) mass is 303 g/mol. The van der Waals surface area contributed by atoms with Crippen molar-refractivity contribution in [1.29, 1.82) is 0 Å². The van der Waals surface area contributed by atoms with Crippen LogP contribution < -0.4 is 0 Å². The lowest BCUT2D eigenvalue weighted by atomic mass is 10.3. The van der Waals surface area contributed by atoms with Gasteiger partial charge >= 0.3 is 0 Å². The molecule has 0 spiro atoms. The summed E-state index contributed by atoms with van der Waals surface area (Å²) in [5.41, 5.74) is 0. The molecule has 116 valence electrons. The molecule has 0 radical (unpaired) electrons. The molecule has 1 saturated carbocycles. The first kappa shape index (κ1) is 13.4. The van der Waals surface area contributed by atoms with Gasteiger partial charge in [-0.25, -0.2) is 0 Å². The number of hydrogen-bond donors (Lipinski definition) is 0. The summed E-state index contributed by atoms with van der Waals surface area (Å²) in [4.78, 5) is 13.9. The van der Waals surface area contributed by atoms with E-state index in [2.05, 4.69) is 15.4 Å². The number of carbonyl (C=O) groups excluding carboxylic acids is 1. The predicted octanol–water partition coefficient (Wildman–Crippen LogP) is 0.849. The van der Waals surface area contributed by atoms with E-state index in [-0.39, 0.29) is 11.7 Å². The van der Waals surface area contributed by atoms with E-state index >= 15 is 0 Å². The molecule has 0 aromatic carbocycles. The molecule has 0 saturated heterocycles. The Hall–Kier alpha value is -2.22. The highest BCUT2D eigenvalue weighted by molar-refractivity contribution is 5.91. The summed E-state index contributed by atoms with van der Waals surface area (Å²) < 4.78 is 12.6. The molecule has 0 unspecified atom stereocenters. The number of rotatable bonds is 5. The summed E-state index contributed by atoms with van der Waals surface area (Å²) in [6.07, 6.45) is 4.02. The van der Waals surface area contributed by atoms with Crippen molar-refractivity contribution in [1.82, 2.24) is 24.8 Å². The van der Waals surface area contributed by atoms with Gasteiger partial charge < -0.3 is 18.7 Å². The van der Waals surface area contributed by atoms with Gasteiger partial charge in [-0.05, 0) is 18.8 Å². The van der Waals surface area contributed by atoms with Crippen LogP contribution in [0.1, 0.15) is 35.0 Å². The highest BCUT2D eigenvalue weighted by Gasteiger charge is 2.27. The minimum atomic E-state index is -0.168. The van der Waals surface area contributed by atoms with Crippen molar-refractivity contribution >= 4 is 5.91 Å². The summed E-state index contributed by atoms with van der Waals surface area (Å²) in [7, 11) is 0. The van der Waals surface area contributed by atoms with Gasteiger partial charge in [0.1, 0.15) is 6.61 Å². The number of amides is 1. The maximum Gasteiger partial charge on any atom is 0.292 e. The van der Waals surface area contributed by atoms with Crippen LogP contribution in [0.15, 0.2) is 16.8 Å². The molecule has 1 aliphatic carbocycles. The van der Waals surface area contributed by atoms with Crippen LogP contribution in [-0.2, 0) is 24.4 Å². The third-order valence-corrected chi connectivity index (χ3v) is 4.05. The SMILES string of the molecule is O=C(c1ccno1)N1CCn2c(COCC3CC3)nnc2C1. The summed E-state index contributed by atoms with van der Waals surface area (Å²) in [5.74, 6) is 2.43. The minimum absolute atomic E-state index is 0.168. The fraction of sp³-hybridized carbons (Fsp3) is 0.571. The van der Waals surface area contributed by atoms with E-state index < -0.39 is 0 Å².